The summed E-state index contributed by atoms with van der Waals surface area (Å²) in [5.41, 5.74) is 2.73. The van der Waals surface area contributed by atoms with Crippen molar-refractivity contribution in [3.8, 4) is 17.6 Å². The van der Waals surface area contributed by atoms with Crippen LogP contribution >= 0.6 is 0 Å². The van der Waals surface area contributed by atoms with E-state index in [1.54, 1.807) is 18.2 Å². The maximum atomic E-state index is 14.3. The third kappa shape index (κ3) is 5.52. The van der Waals surface area contributed by atoms with Gasteiger partial charge >= 0.3 is 0 Å². The van der Waals surface area contributed by atoms with Crippen molar-refractivity contribution in [3.63, 3.8) is 0 Å². The fourth-order valence-corrected chi connectivity index (χ4v) is 5.50. The molecule has 4 atom stereocenters. The molecule has 166 valence electrons. The van der Waals surface area contributed by atoms with Crippen LogP contribution in [0.4, 0.5) is 4.39 Å². The average molecular weight is 429 g/mol. The van der Waals surface area contributed by atoms with Gasteiger partial charge in [-0.05, 0) is 98.9 Å². The Labute approximate surface area is 192 Å². The van der Waals surface area contributed by atoms with Crippen molar-refractivity contribution in [2.75, 3.05) is 6.61 Å². The Hall–Kier alpha value is -2.79. The maximum absolute atomic E-state index is 14.3. The van der Waals surface area contributed by atoms with Gasteiger partial charge in [0.15, 0.2) is 0 Å². The summed E-state index contributed by atoms with van der Waals surface area (Å²) in [5.74, 6) is 9.45. The highest BCUT2D eigenvalue weighted by atomic mass is 19.1. The summed E-state index contributed by atoms with van der Waals surface area (Å²) in [6.07, 6.45) is 14.4. The quantitative estimate of drug-likeness (QED) is 0.351. The molecule has 4 unspecified atom stereocenters. The van der Waals surface area contributed by atoms with Gasteiger partial charge in [-0.15, -0.1) is 0 Å². The molecular weight excluding hydrogens is 395 g/mol. The van der Waals surface area contributed by atoms with Crippen LogP contribution in [-0.4, -0.2) is 6.61 Å². The van der Waals surface area contributed by atoms with Crippen LogP contribution in [-0.2, 0) is 0 Å². The van der Waals surface area contributed by atoms with E-state index in [1.807, 2.05) is 0 Å². The minimum atomic E-state index is -0.364. The van der Waals surface area contributed by atoms with E-state index in [0.29, 0.717) is 23.8 Å². The molecule has 0 N–H and O–H groups in total. The molecular formula is C30H33FO. The maximum Gasteiger partial charge on any atom is 0.142 e. The summed E-state index contributed by atoms with van der Waals surface area (Å²) in [5, 5.41) is 0. The molecule has 2 aromatic carbocycles. The zero-order chi connectivity index (χ0) is 22.3. The fraction of sp³-hybridized carbons (Fsp3) is 0.400. The molecule has 0 spiro atoms. The largest absolute Gasteiger partial charge is 0.489 e. The van der Waals surface area contributed by atoms with E-state index >= 15 is 0 Å². The van der Waals surface area contributed by atoms with Crippen LogP contribution in [0.1, 0.15) is 68.1 Å². The lowest BCUT2D eigenvalue weighted by Gasteiger charge is -2.41. The molecule has 4 rings (SSSR count). The molecule has 0 aromatic heterocycles. The molecule has 1 nitrogen and oxygen atoms in total. The van der Waals surface area contributed by atoms with Gasteiger partial charge in [-0.25, -0.2) is 4.39 Å². The van der Waals surface area contributed by atoms with E-state index in [-0.39, 0.29) is 5.82 Å². The number of fused-ring (bicyclic) bond motifs is 1. The topological polar surface area (TPSA) is 9.23 Å². The third-order valence-corrected chi connectivity index (χ3v) is 7.15. The summed E-state index contributed by atoms with van der Waals surface area (Å²) in [7, 11) is 0. The van der Waals surface area contributed by atoms with E-state index in [0.717, 1.165) is 23.3 Å². The highest BCUT2D eigenvalue weighted by molar-refractivity contribution is 5.46. The van der Waals surface area contributed by atoms with Crippen LogP contribution in [0.15, 0.2) is 67.3 Å². The molecule has 0 aliphatic heterocycles. The van der Waals surface area contributed by atoms with Gasteiger partial charge < -0.3 is 4.74 Å². The summed E-state index contributed by atoms with van der Waals surface area (Å²) >= 11 is 0. The van der Waals surface area contributed by atoms with Crippen molar-refractivity contribution in [2.24, 2.45) is 17.8 Å². The van der Waals surface area contributed by atoms with E-state index in [9.17, 15) is 4.39 Å². The third-order valence-electron chi connectivity index (χ3n) is 7.15. The fourth-order valence-electron chi connectivity index (χ4n) is 5.50. The van der Waals surface area contributed by atoms with Gasteiger partial charge in [-0.3, -0.25) is 0 Å². The Morgan fingerprint density at radius 1 is 1.00 bits per heavy atom. The smallest absolute Gasteiger partial charge is 0.142 e. The summed E-state index contributed by atoms with van der Waals surface area (Å²) in [4.78, 5) is 0. The molecule has 0 saturated heterocycles. The van der Waals surface area contributed by atoms with Crippen molar-refractivity contribution < 1.29 is 9.13 Å². The van der Waals surface area contributed by atoms with Crippen LogP contribution in [0, 0.1) is 35.4 Å². The zero-order valence-corrected chi connectivity index (χ0v) is 19.0. The Kier molecular flexibility index (Phi) is 7.48. The summed E-state index contributed by atoms with van der Waals surface area (Å²) < 4.78 is 19.6. The van der Waals surface area contributed by atoms with Gasteiger partial charge in [-0.2, -0.15) is 0 Å². The van der Waals surface area contributed by atoms with Crippen LogP contribution in [0.5, 0.6) is 5.75 Å². The van der Waals surface area contributed by atoms with E-state index in [2.05, 4.69) is 61.8 Å². The number of hydrogen-bond acceptors (Lipinski definition) is 1. The molecule has 2 saturated carbocycles. The molecule has 0 bridgehead atoms. The second kappa shape index (κ2) is 10.7. The zero-order valence-electron chi connectivity index (χ0n) is 19.0. The average Bonchev–Trinajstić information content (AvgIpc) is 2.82. The van der Waals surface area contributed by atoms with Crippen LogP contribution < -0.4 is 4.74 Å². The minimum absolute atomic E-state index is 0.357. The number of ether oxygens (including phenoxy) is 1. The first-order chi connectivity index (χ1) is 15.7. The number of allylic oxidation sites excluding steroid dienone is 2. The lowest BCUT2D eigenvalue weighted by atomic mass is 9.64. The Balaban J connectivity index is 1.37. The Bertz CT molecular complexity index is 1010. The SMILES string of the molecule is C=CCOc1ccc(C#Cc2ccc(C3CCC4CC(/C=C/C)CCC4C3)cc2)c(F)c1. The van der Waals surface area contributed by atoms with Crippen molar-refractivity contribution in [2.45, 2.75) is 51.4 Å². The van der Waals surface area contributed by atoms with Crippen LogP contribution in [0.3, 0.4) is 0 Å². The first-order valence-corrected chi connectivity index (χ1v) is 11.9. The molecule has 2 aromatic rings. The molecule has 2 fully saturated rings. The molecule has 2 aliphatic rings. The highest BCUT2D eigenvalue weighted by Crippen LogP contribution is 2.47. The van der Waals surface area contributed by atoms with Crippen molar-refractivity contribution in [1.82, 2.24) is 0 Å². The monoisotopic (exact) mass is 428 g/mol. The second-order valence-electron chi connectivity index (χ2n) is 9.24. The molecule has 32 heavy (non-hydrogen) atoms. The predicted molar refractivity (Wildman–Crippen MR) is 130 cm³/mol. The summed E-state index contributed by atoms with van der Waals surface area (Å²) in [6.45, 7) is 6.10. The van der Waals surface area contributed by atoms with Gasteiger partial charge in [-0.1, -0.05) is 48.8 Å². The minimum Gasteiger partial charge on any atom is -0.489 e. The molecule has 0 heterocycles. The van der Waals surface area contributed by atoms with Crippen LogP contribution in [0.2, 0.25) is 0 Å². The molecule has 0 radical (unpaired) electrons. The van der Waals surface area contributed by atoms with Crippen molar-refractivity contribution in [1.29, 1.82) is 0 Å². The number of rotatable bonds is 5. The van der Waals surface area contributed by atoms with Crippen molar-refractivity contribution >= 4 is 0 Å². The molecule has 2 aliphatic carbocycles. The van der Waals surface area contributed by atoms with Gasteiger partial charge in [0.05, 0.1) is 5.56 Å². The standard InChI is InChI=1S/C30H33FO/c1-3-5-23-9-13-28-20-27(15-14-26(28)19-23)24-10-6-22(7-11-24)8-12-25-16-17-29(21-30(25)31)32-18-4-2/h3-7,10-11,16-17,21,23,26-28H,2,9,13-15,18-20H2,1H3/b5-3+. The number of benzene rings is 2. The van der Waals surface area contributed by atoms with Gasteiger partial charge in [0.25, 0.3) is 0 Å². The lowest BCUT2D eigenvalue weighted by Crippen LogP contribution is -2.30. The van der Waals surface area contributed by atoms with E-state index < -0.39 is 0 Å². The molecule has 0 amide bonds. The van der Waals surface area contributed by atoms with Gasteiger partial charge in [0, 0.05) is 11.6 Å². The van der Waals surface area contributed by atoms with E-state index in [1.165, 1.54) is 50.2 Å². The molecule has 2 heteroatoms. The first-order valence-electron chi connectivity index (χ1n) is 11.9. The van der Waals surface area contributed by atoms with Crippen LogP contribution in [0.25, 0.3) is 0 Å². The Morgan fingerprint density at radius 2 is 1.78 bits per heavy atom. The number of hydrogen-bond donors (Lipinski definition) is 0. The van der Waals surface area contributed by atoms with Gasteiger partial charge in [0.1, 0.15) is 18.2 Å². The van der Waals surface area contributed by atoms with E-state index in [4.69, 9.17) is 4.74 Å². The summed E-state index contributed by atoms with van der Waals surface area (Å²) in [6, 6.07) is 13.4. The lowest BCUT2D eigenvalue weighted by molar-refractivity contribution is 0.133. The van der Waals surface area contributed by atoms with Gasteiger partial charge in [0.2, 0.25) is 0 Å². The normalized spacial score (nSPS) is 24.9. The number of halogens is 1. The highest BCUT2D eigenvalue weighted by Gasteiger charge is 2.35. The Morgan fingerprint density at radius 3 is 2.53 bits per heavy atom. The first kappa shape index (κ1) is 22.4. The second-order valence-corrected chi connectivity index (χ2v) is 9.24. The van der Waals surface area contributed by atoms with Crippen molar-refractivity contribution in [3.05, 3.63) is 89.8 Å². The predicted octanol–water partition coefficient (Wildman–Crippen LogP) is 7.67.